The maximum absolute atomic E-state index is 14.0. The van der Waals surface area contributed by atoms with Crippen LogP contribution in [-0.4, -0.2) is 23.0 Å². The zero-order valence-corrected chi connectivity index (χ0v) is 12.9. The Morgan fingerprint density at radius 2 is 1.53 bits per heavy atom. The molecule has 0 atom stereocenters. The first kappa shape index (κ1) is 14.7. The summed E-state index contributed by atoms with van der Waals surface area (Å²) in [6.45, 7) is 14.2. The predicted octanol–water partition coefficient (Wildman–Crippen LogP) is 3.89. The van der Waals surface area contributed by atoms with E-state index in [9.17, 15) is 4.39 Å². The van der Waals surface area contributed by atoms with Crippen LogP contribution in [0.1, 0.15) is 6.92 Å². The Morgan fingerprint density at radius 1 is 1.07 bits per heavy atom. The third kappa shape index (κ3) is 5.99. The standard InChI is InChI=1S/C10H23FO2Si2/c1-8-12-10(13-15(5,6)7)9(11)14(2,3)4/h8H2,1-7H3. The van der Waals surface area contributed by atoms with Gasteiger partial charge in [0.25, 0.3) is 5.95 Å². The average molecular weight is 250 g/mol. The van der Waals surface area contributed by atoms with Gasteiger partial charge in [-0.1, -0.05) is 19.6 Å². The van der Waals surface area contributed by atoms with E-state index in [0.29, 0.717) is 6.61 Å². The molecule has 0 aromatic rings. The summed E-state index contributed by atoms with van der Waals surface area (Å²) in [6.07, 6.45) is 0. The van der Waals surface area contributed by atoms with E-state index in [1.54, 1.807) is 0 Å². The van der Waals surface area contributed by atoms with Crippen LogP contribution in [0.3, 0.4) is 0 Å². The molecule has 0 unspecified atom stereocenters. The van der Waals surface area contributed by atoms with Crippen molar-refractivity contribution in [1.29, 1.82) is 0 Å². The van der Waals surface area contributed by atoms with Crippen LogP contribution in [0.25, 0.3) is 0 Å². The van der Waals surface area contributed by atoms with Crippen LogP contribution in [0.5, 0.6) is 0 Å². The second kappa shape index (κ2) is 5.16. The molecule has 0 aliphatic carbocycles. The van der Waals surface area contributed by atoms with E-state index in [1.807, 2.05) is 46.2 Å². The highest BCUT2D eigenvalue weighted by atomic mass is 28.4. The van der Waals surface area contributed by atoms with E-state index >= 15 is 0 Å². The van der Waals surface area contributed by atoms with Crippen LogP contribution in [-0.2, 0) is 9.16 Å². The van der Waals surface area contributed by atoms with Gasteiger partial charge in [0.05, 0.1) is 6.61 Å². The van der Waals surface area contributed by atoms with Gasteiger partial charge in [-0.25, -0.2) is 4.39 Å². The quantitative estimate of drug-likeness (QED) is 0.544. The fraction of sp³-hybridized carbons (Fsp3) is 0.800. The molecule has 0 amide bonds. The van der Waals surface area contributed by atoms with Gasteiger partial charge >= 0.3 is 0 Å². The lowest BCUT2D eigenvalue weighted by Crippen LogP contribution is -2.30. The van der Waals surface area contributed by atoms with Crippen molar-refractivity contribution < 1.29 is 13.6 Å². The summed E-state index contributed by atoms with van der Waals surface area (Å²) in [5.74, 6) is 0.135. The average Bonchev–Trinajstić information content (AvgIpc) is 1.98. The van der Waals surface area contributed by atoms with Crippen LogP contribution < -0.4 is 0 Å². The number of hydrogen-bond acceptors (Lipinski definition) is 2. The smallest absolute Gasteiger partial charge is 0.293 e. The van der Waals surface area contributed by atoms with Crippen molar-refractivity contribution in [1.82, 2.24) is 0 Å². The highest BCUT2D eigenvalue weighted by molar-refractivity contribution is 6.82. The first-order valence-electron chi connectivity index (χ1n) is 5.30. The maximum atomic E-state index is 14.0. The molecule has 90 valence electrons. The van der Waals surface area contributed by atoms with Gasteiger partial charge in [0.2, 0.25) is 8.32 Å². The first-order valence-corrected chi connectivity index (χ1v) is 12.2. The number of halogens is 1. The molecular weight excluding hydrogens is 227 g/mol. The van der Waals surface area contributed by atoms with Crippen molar-refractivity contribution >= 4 is 16.4 Å². The van der Waals surface area contributed by atoms with Gasteiger partial charge in [0, 0.05) is 0 Å². The molecule has 0 rings (SSSR count). The van der Waals surface area contributed by atoms with Crippen LogP contribution in [0.15, 0.2) is 11.4 Å². The van der Waals surface area contributed by atoms with E-state index in [-0.39, 0.29) is 11.4 Å². The Balaban J connectivity index is 4.95. The van der Waals surface area contributed by atoms with E-state index in [0.717, 1.165) is 0 Å². The molecule has 0 saturated heterocycles. The highest BCUT2D eigenvalue weighted by Gasteiger charge is 2.29. The van der Waals surface area contributed by atoms with Crippen LogP contribution in [0.2, 0.25) is 39.3 Å². The summed E-state index contributed by atoms with van der Waals surface area (Å²) in [5, 5.41) is 0. The number of hydrogen-bond donors (Lipinski definition) is 0. The summed E-state index contributed by atoms with van der Waals surface area (Å²) in [4.78, 5) is 0. The van der Waals surface area contributed by atoms with E-state index in [4.69, 9.17) is 9.16 Å². The molecule has 0 radical (unpaired) electrons. The molecule has 0 spiro atoms. The van der Waals surface area contributed by atoms with Crippen molar-refractivity contribution in [3.63, 3.8) is 0 Å². The van der Waals surface area contributed by atoms with Gasteiger partial charge in [-0.05, 0) is 26.6 Å². The Morgan fingerprint density at radius 3 is 1.80 bits per heavy atom. The first-order chi connectivity index (χ1) is 6.58. The summed E-state index contributed by atoms with van der Waals surface area (Å²) in [6, 6.07) is 0. The van der Waals surface area contributed by atoms with Gasteiger partial charge in [0.15, 0.2) is 5.45 Å². The minimum Gasteiger partial charge on any atom is -0.518 e. The predicted molar refractivity (Wildman–Crippen MR) is 67.5 cm³/mol. The van der Waals surface area contributed by atoms with Gasteiger partial charge in [-0.3, -0.25) is 0 Å². The third-order valence-corrected chi connectivity index (χ3v) is 3.83. The molecule has 2 nitrogen and oxygen atoms in total. The molecule has 0 saturated carbocycles. The molecule has 0 aromatic carbocycles. The van der Waals surface area contributed by atoms with Crippen LogP contribution in [0.4, 0.5) is 4.39 Å². The van der Waals surface area contributed by atoms with Gasteiger partial charge in [-0.2, -0.15) is 0 Å². The maximum Gasteiger partial charge on any atom is 0.293 e. The zero-order valence-electron chi connectivity index (χ0n) is 10.9. The van der Waals surface area contributed by atoms with Gasteiger partial charge < -0.3 is 9.16 Å². The van der Waals surface area contributed by atoms with Crippen molar-refractivity contribution in [2.45, 2.75) is 46.2 Å². The Kier molecular flexibility index (Phi) is 5.06. The Bertz CT molecular complexity index is 239. The van der Waals surface area contributed by atoms with Crippen molar-refractivity contribution in [3.8, 4) is 0 Å². The summed E-state index contributed by atoms with van der Waals surface area (Å²) in [7, 11) is -3.78. The van der Waals surface area contributed by atoms with Crippen LogP contribution >= 0.6 is 0 Å². The molecule has 0 aromatic heterocycles. The fourth-order valence-electron chi connectivity index (χ4n) is 0.853. The summed E-state index contributed by atoms with van der Waals surface area (Å²) in [5.41, 5.74) is -0.174. The molecule has 0 fully saturated rings. The van der Waals surface area contributed by atoms with Crippen LogP contribution in [0, 0.1) is 0 Å². The molecule has 0 aliphatic rings. The normalized spacial score (nSPS) is 14.7. The Hall–Kier alpha value is -0.296. The summed E-state index contributed by atoms with van der Waals surface area (Å²) >= 11 is 0. The topological polar surface area (TPSA) is 18.5 Å². The molecule has 0 N–H and O–H groups in total. The largest absolute Gasteiger partial charge is 0.518 e. The van der Waals surface area contributed by atoms with Crippen molar-refractivity contribution in [2.75, 3.05) is 6.61 Å². The zero-order chi connectivity index (χ0) is 12.3. The lowest BCUT2D eigenvalue weighted by atomic mass is 10.8. The van der Waals surface area contributed by atoms with Gasteiger partial charge in [-0.15, -0.1) is 0 Å². The molecule has 0 bridgehead atoms. The van der Waals surface area contributed by atoms with E-state index in [2.05, 4.69) is 0 Å². The molecular formula is C10H23FO2Si2. The van der Waals surface area contributed by atoms with E-state index in [1.165, 1.54) is 0 Å². The van der Waals surface area contributed by atoms with Crippen molar-refractivity contribution in [3.05, 3.63) is 11.4 Å². The SMILES string of the molecule is CCOC(O[Si](C)(C)C)=C(F)[Si](C)(C)C. The number of rotatable bonds is 5. The molecule has 0 aliphatic heterocycles. The van der Waals surface area contributed by atoms with Gasteiger partial charge in [0.1, 0.15) is 8.07 Å². The lowest BCUT2D eigenvalue weighted by molar-refractivity contribution is 0.103. The highest BCUT2D eigenvalue weighted by Crippen LogP contribution is 2.24. The second-order valence-corrected chi connectivity index (χ2v) is 14.9. The van der Waals surface area contributed by atoms with Crippen molar-refractivity contribution in [2.24, 2.45) is 0 Å². The fourth-order valence-corrected chi connectivity index (χ4v) is 2.40. The second-order valence-electron chi connectivity index (χ2n) is 5.50. The monoisotopic (exact) mass is 250 g/mol. The molecule has 5 heteroatoms. The molecule has 15 heavy (non-hydrogen) atoms. The number of ether oxygens (including phenoxy) is 1. The lowest BCUT2D eigenvalue weighted by Gasteiger charge is -2.24. The third-order valence-electron chi connectivity index (χ3n) is 1.51. The van der Waals surface area contributed by atoms with E-state index < -0.39 is 16.4 Å². The summed E-state index contributed by atoms with van der Waals surface area (Å²) < 4.78 is 24.9. The molecule has 0 heterocycles. The minimum absolute atomic E-state index is 0.135. The Labute approximate surface area is 94.6 Å². The minimum atomic E-state index is -1.98.